The Morgan fingerprint density at radius 2 is 1.94 bits per heavy atom. The third-order valence-electron chi connectivity index (χ3n) is 4.27. The predicted octanol–water partition coefficient (Wildman–Crippen LogP) is 3.22. The van der Waals surface area contributed by atoms with E-state index in [1.807, 2.05) is 47.8 Å². The van der Waals surface area contributed by atoms with Crippen LogP contribution in [-0.2, 0) is 20.9 Å². The van der Waals surface area contributed by atoms with Gasteiger partial charge in [0.15, 0.2) is 0 Å². The van der Waals surface area contributed by atoms with E-state index >= 15 is 0 Å². The molecule has 0 radical (unpaired) electrons. The summed E-state index contributed by atoms with van der Waals surface area (Å²) in [5.74, 6) is -0.828. The highest BCUT2D eigenvalue weighted by Crippen LogP contribution is 2.32. The number of carbonyl (C=O) groups excluding carboxylic acids is 4. The molecule has 1 aliphatic rings. The summed E-state index contributed by atoms with van der Waals surface area (Å²) in [6.45, 7) is 1.74. The summed E-state index contributed by atoms with van der Waals surface area (Å²) in [7, 11) is 0. The van der Waals surface area contributed by atoms with Crippen LogP contribution in [0.2, 0.25) is 0 Å². The summed E-state index contributed by atoms with van der Waals surface area (Å²) in [6.07, 6.45) is 0.970. The number of amides is 4. The van der Waals surface area contributed by atoms with Gasteiger partial charge in [-0.2, -0.15) is 0 Å². The first-order valence-electron chi connectivity index (χ1n) is 9.48. The maximum absolute atomic E-state index is 12.4. The van der Waals surface area contributed by atoms with Crippen LogP contribution in [0.5, 0.6) is 0 Å². The molecule has 1 aliphatic heterocycles. The molecule has 2 N–H and O–H groups in total. The van der Waals surface area contributed by atoms with Crippen molar-refractivity contribution in [2.45, 2.75) is 19.6 Å². The third-order valence-corrected chi connectivity index (χ3v) is 5.99. The minimum absolute atomic E-state index is 0.0450. The Balaban J connectivity index is 1.40. The minimum Gasteiger partial charge on any atom is -0.445 e. The fourth-order valence-electron chi connectivity index (χ4n) is 2.65. The van der Waals surface area contributed by atoms with Gasteiger partial charge in [-0.05, 0) is 41.8 Å². The van der Waals surface area contributed by atoms with Crippen LogP contribution in [0.1, 0.15) is 17.4 Å². The smallest absolute Gasteiger partial charge is 0.408 e. The Kier molecular flexibility index (Phi) is 7.85. The first-order valence-corrected chi connectivity index (χ1v) is 11.2. The van der Waals surface area contributed by atoms with Crippen LogP contribution in [0.3, 0.4) is 0 Å². The Labute approximate surface area is 187 Å². The second kappa shape index (κ2) is 10.8. The number of thiophene rings is 1. The van der Waals surface area contributed by atoms with Gasteiger partial charge in [-0.3, -0.25) is 19.3 Å². The molecule has 8 nitrogen and oxygen atoms in total. The van der Waals surface area contributed by atoms with Crippen LogP contribution in [-0.4, -0.2) is 47.2 Å². The number of nitrogens with one attached hydrogen (secondary N) is 2. The molecule has 1 aromatic heterocycles. The van der Waals surface area contributed by atoms with Crippen molar-refractivity contribution in [3.8, 4) is 0 Å². The quantitative estimate of drug-likeness (QED) is 0.588. The highest BCUT2D eigenvalue weighted by molar-refractivity contribution is 8.18. The molecule has 0 bridgehead atoms. The van der Waals surface area contributed by atoms with Crippen molar-refractivity contribution in [3.63, 3.8) is 0 Å². The normalized spacial score (nSPS) is 15.8. The van der Waals surface area contributed by atoms with Crippen molar-refractivity contribution >= 4 is 52.3 Å². The highest BCUT2D eigenvalue weighted by Gasteiger charge is 2.34. The van der Waals surface area contributed by atoms with Gasteiger partial charge in [-0.15, -0.1) is 11.3 Å². The van der Waals surface area contributed by atoms with Crippen LogP contribution in [0.4, 0.5) is 9.59 Å². The number of alkyl carbamates (subject to hydrolysis) is 1. The topological polar surface area (TPSA) is 105 Å². The average molecular weight is 460 g/mol. The van der Waals surface area contributed by atoms with E-state index in [0.717, 1.165) is 27.1 Å². The maximum atomic E-state index is 12.4. The van der Waals surface area contributed by atoms with Gasteiger partial charge in [0.1, 0.15) is 12.6 Å². The summed E-state index contributed by atoms with van der Waals surface area (Å²) in [5.41, 5.74) is 0.833. The lowest BCUT2D eigenvalue weighted by Gasteiger charge is -2.16. The van der Waals surface area contributed by atoms with E-state index in [1.54, 1.807) is 6.08 Å². The van der Waals surface area contributed by atoms with Gasteiger partial charge < -0.3 is 15.4 Å². The van der Waals surface area contributed by atoms with E-state index in [2.05, 4.69) is 10.6 Å². The molecule has 2 heterocycles. The molecular weight excluding hydrogens is 438 g/mol. The molecule has 0 spiro atoms. The van der Waals surface area contributed by atoms with Crippen LogP contribution >= 0.6 is 23.1 Å². The zero-order valence-corrected chi connectivity index (χ0v) is 18.3. The number of benzene rings is 1. The van der Waals surface area contributed by atoms with E-state index in [4.69, 9.17) is 4.74 Å². The lowest BCUT2D eigenvalue weighted by molar-refractivity contribution is -0.125. The van der Waals surface area contributed by atoms with E-state index < -0.39 is 18.0 Å². The molecule has 10 heteroatoms. The molecule has 1 unspecified atom stereocenters. The second-order valence-electron chi connectivity index (χ2n) is 6.57. The van der Waals surface area contributed by atoms with Crippen molar-refractivity contribution < 1.29 is 23.9 Å². The Morgan fingerprint density at radius 1 is 1.16 bits per heavy atom. The van der Waals surface area contributed by atoms with E-state index in [9.17, 15) is 19.2 Å². The molecule has 1 saturated heterocycles. The van der Waals surface area contributed by atoms with Gasteiger partial charge in [-0.1, -0.05) is 36.4 Å². The van der Waals surface area contributed by atoms with E-state index in [1.165, 1.54) is 18.3 Å². The molecule has 1 fully saturated rings. The molecule has 0 saturated carbocycles. The van der Waals surface area contributed by atoms with Crippen molar-refractivity contribution in [2.24, 2.45) is 0 Å². The number of rotatable bonds is 8. The van der Waals surface area contributed by atoms with Crippen LogP contribution in [0, 0.1) is 0 Å². The molecule has 0 aliphatic carbocycles. The van der Waals surface area contributed by atoms with Gasteiger partial charge >= 0.3 is 6.09 Å². The maximum Gasteiger partial charge on any atom is 0.408 e. The lowest BCUT2D eigenvalue weighted by Crippen LogP contribution is -2.47. The summed E-state index contributed by atoms with van der Waals surface area (Å²) in [5, 5.41) is 6.56. The number of hydrogen-bond donors (Lipinski definition) is 2. The SMILES string of the molecule is CC(NC(=O)OCc1ccccc1)C(=O)NCCN1C(=O)S/C(=C\c2cccs2)C1=O. The van der Waals surface area contributed by atoms with E-state index in [-0.39, 0.29) is 30.8 Å². The molecule has 4 amide bonds. The lowest BCUT2D eigenvalue weighted by atomic mass is 10.2. The fourth-order valence-corrected chi connectivity index (χ4v) is 4.23. The van der Waals surface area contributed by atoms with Crippen LogP contribution < -0.4 is 10.6 Å². The molecule has 3 rings (SSSR count). The second-order valence-corrected chi connectivity index (χ2v) is 8.54. The van der Waals surface area contributed by atoms with Gasteiger partial charge in [0.2, 0.25) is 5.91 Å². The number of ether oxygens (including phenoxy) is 1. The van der Waals surface area contributed by atoms with Crippen LogP contribution in [0.15, 0.2) is 52.7 Å². The largest absolute Gasteiger partial charge is 0.445 e. The number of hydrogen-bond acceptors (Lipinski definition) is 7. The van der Waals surface area contributed by atoms with Crippen molar-refractivity contribution in [1.82, 2.24) is 15.5 Å². The molecule has 31 heavy (non-hydrogen) atoms. The van der Waals surface area contributed by atoms with Crippen molar-refractivity contribution in [2.75, 3.05) is 13.1 Å². The zero-order valence-electron chi connectivity index (χ0n) is 16.7. The highest BCUT2D eigenvalue weighted by atomic mass is 32.2. The van der Waals surface area contributed by atoms with Gasteiger partial charge in [-0.25, -0.2) is 4.79 Å². The zero-order chi connectivity index (χ0) is 22.2. The molecular formula is C21H21N3O5S2. The molecule has 162 valence electrons. The van der Waals surface area contributed by atoms with Crippen LogP contribution in [0.25, 0.3) is 6.08 Å². The van der Waals surface area contributed by atoms with Crippen molar-refractivity contribution in [3.05, 3.63) is 63.2 Å². The standard InChI is InChI=1S/C21H21N3O5S2/c1-14(23-20(27)29-13-15-6-3-2-4-7-15)18(25)22-9-10-24-19(26)17(31-21(24)28)12-16-8-5-11-30-16/h2-8,11-12,14H,9-10,13H2,1H3,(H,22,25)(H,23,27)/b17-12-. The molecule has 1 atom stereocenters. The molecule has 1 aromatic carbocycles. The van der Waals surface area contributed by atoms with Gasteiger partial charge in [0.25, 0.3) is 11.1 Å². The Hall–Kier alpha value is -3.11. The first kappa shape index (κ1) is 22.6. The van der Waals surface area contributed by atoms with Crippen molar-refractivity contribution in [1.29, 1.82) is 0 Å². The predicted molar refractivity (Wildman–Crippen MR) is 119 cm³/mol. The Morgan fingerprint density at radius 3 is 2.65 bits per heavy atom. The number of nitrogens with zero attached hydrogens (tertiary/aromatic N) is 1. The third kappa shape index (κ3) is 6.43. The molecule has 2 aromatic rings. The monoisotopic (exact) mass is 459 g/mol. The van der Waals surface area contributed by atoms with Gasteiger partial charge in [0, 0.05) is 18.0 Å². The number of carbonyl (C=O) groups is 4. The van der Waals surface area contributed by atoms with Gasteiger partial charge in [0.05, 0.1) is 4.91 Å². The number of imide groups is 1. The average Bonchev–Trinajstić information content (AvgIpc) is 3.36. The Bertz CT molecular complexity index is 976. The fraction of sp³-hybridized carbons (Fsp3) is 0.238. The van der Waals surface area contributed by atoms with E-state index in [0.29, 0.717) is 4.91 Å². The number of thioether (sulfide) groups is 1. The minimum atomic E-state index is -0.836. The summed E-state index contributed by atoms with van der Waals surface area (Å²) in [4.78, 5) is 50.9. The summed E-state index contributed by atoms with van der Waals surface area (Å²) >= 11 is 2.35. The summed E-state index contributed by atoms with van der Waals surface area (Å²) < 4.78 is 5.08. The first-order chi connectivity index (χ1) is 14.9. The summed E-state index contributed by atoms with van der Waals surface area (Å²) in [6, 6.07) is 12.1.